The lowest BCUT2D eigenvalue weighted by atomic mass is 10.2. The molecule has 0 aliphatic carbocycles. The topological polar surface area (TPSA) is 101 Å². The number of ether oxygens (including phenoxy) is 1. The van der Waals surface area contributed by atoms with E-state index < -0.39 is 17.7 Å². The van der Waals surface area contributed by atoms with Crippen LogP contribution in [-0.2, 0) is 9.59 Å². The number of hydrogen-bond acceptors (Lipinski definition) is 4. The minimum atomic E-state index is -0.968. The van der Waals surface area contributed by atoms with Crippen molar-refractivity contribution in [2.75, 3.05) is 23.2 Å². The van der Waals surface area contributed by atoms with Gasteiger partial charge in [-0.05, 0) is 66.7 Å². The molecule has 0 saturated heterocycles. The van der Waals surface area contributed by atoms with Crippen LogP contribution in [0.25, 0.3) is 10.9 Å². The third-order valence-electron chi connectivity index (χ3n) is 4.94. The second-order valence-electron chi connectivity index (χ2n) is 7.27. The largest absolute Gasteiger partial charge is 0.497 e. The first-order chi connectivity index (χ1) is 16.7. The molecule has 0 fully saturated rings. The summed E-state index contributed by atoms with van der Waals surface area (Å²) in [6, 6.07) is 18.0. The van der Waals surface area contributed by atoms with Gasteiger partial charge in [-0.15, -0.1) is 0 Å². The number of rotatable bonds is 5. The number of amides is 3. The van der Waals surface area contributed by atoms with Crippen molar-refractivity contribution in [2.45, 2.75) is 0 Å². The minimum Gasteiger partial charge on any atom is -0.497 e. The third-order valence-corrected chi connectivity index (χ3v) is 6.17. The quantitative estimate of drug-likeness (QED) is 0.266. The molecule has 4 rings (SSSR count). The Bertz CT molecular complexity index is 1450. The van der Waals surface area contributed by atoms with Crippen LogP contribution in [0.15, 0.2) is 71.2 Å². The average Bonchev–Trinajstić information content (AvgIpc) is 3.19. The Morgan fingerprint density at radius 1 is 0.829 bits per heavy atom. The fourth-order valence-corrected chi connectivity index (χ4v) is 3.93. The number of anilines is 2. The second-order valence-corrected chi connectivity index (χ2v) is 9.00. The molecule has 0 atom stereocenters. The summed E-state index contributed by atoms with van der Waals surface area (Å²) in [5, 5.41) is 6.51. The van der Waals surface area contributed by atoms with Gasteiger partial charge in [0, 0.05) is 21.2 Å². The lowest BCUT2D eigenvalue weighted by Gasteiger charge is -2.13. The molecule has 3 N–H and O–H groups in total. The van der Waals surface area contributed by atoms with E-state index in [1.807, 2.05) is 0 Å². The normalized spacial score (nSPS) is 10.6. The number of carbonyl (C=O) groups is 3. The Morgan fingerprint density at radius 2 is 1.54 bits per heavy atom. The molecule has 0 radical (unpaired) electrons. The van der Waals surface area contributed by atoms with E-state index in [2.05, 4.69) is 32.0 Å². The predicted octanol–water partition coefficient (Wildman–Crippen LogP) is 5.68. The monoisotopic (exact) mass is 574 g/mol. The van der Waals surface area contributed by atoms with Gasteiger partial charge in [0.1, 0.15) is 11.4 Å². The van der Waals surface area contributed by atoms with Gasteiger partial charge >= 0.3 is 11.8 Å². The lowest BCUT2D eigenvalue weighted by molar-refractivity contribution is -0.133. The molecule has 1 aromatic heterocycles. The molecule has 3 aromatic carbocycles. The van der Waals surface area contributed by atoms with Crippen molar-refractivity contribution in [2.24, 2.45) is 0 Å². The maximum atomic E-state index is 13.1. The summed E-state index contributed by atoms with van der Waals surface area (Å²) < 4.78 is 7.12. The van der Waals surface area contributed by atoms with Gasteiger partial charge in [0.2, 0.25) is 0 Å². The standard InChI is InChI=1S/C24H17BrCl2N4O4/c1-35-17-6-3-15(4-7-17)28-23(33)24(34)30-31-20-9-2-14(25)10-13(20)11-21(31)22(32)29-16-5-8-18(26)19(27)12-16/h2-12H,1H3,(H,28,33)(H,29,32)(H,30,34). The van der Waals surface area contributed by atoms with Crippen molar-refractivity contribution < 1.29 is 19.1 Å². The van der Waals surface area contributed by atoms with Crippen molar-refractivity contribution in [1.82, 2.24) is 4.68 Å². The van der Waals surface area contributed by atoms with E-state index in [9.17, 15) is 14.4 Å². The summed E-state index contributed by atoms with van der Waals surface area (Å²) in [4.78, 5) is 38.3. The van der Waals surface area contributed by atoms with Crippen LogP contribution >= 0.6 is 39.1 Å². The molecule has 0 unspecified atom stereocenters. The Hall–Kier alpha value is -3.53. The lowest BCUT2D eigenvalue weighted by Crippen LogP contribution is -2.36. The number of hydrogen-bond donors (Lipinski definition) is 3. The highest BCUT2D eigenvalue weighted by atomic mass is 79.9. The van der Waals surface area contributed by atoms with Crippen LogP contribution in [0.4, 0.5) is 11.4 Å². The first-order valence-corrected chi connectivity index (χ1v) is 11.6. The summed E-state index contributed by atoms with van der Waals surface area (Å²) in [7, 11) is 1.52. The fourth-order valence-electron chi connectivity index (χ4n) is 3.26. The third kappa shape index (κ3) is 5.59. The van der Waals surface area contributed by atoms with Gasteiger partial charge in [-0.3, -0.25) is 19.8 Å². The zero-order valence-corrected chi connectivity index (χ0v) is 21.2. The summed E-state index contributed by atoms with van der Waals surface area (Å²) in [5.74, 6) is -1.81. The second kappa shape index (κ2) is 10.4. The van der Waals surface area contributed by atoms with E-state index in [0.717, 1.165) is 4.47 Å². The van der Waals surface area contributed by atoms with E-state index in [1.54, 1.807) is 60.7 Å². The summed E-state index contributed by atoms with van der Waals surface area (Å²) >= 11 is 15.4. The molecule has 3 amide bonds. The molecule has 0 spiro atoms. The number of aromatic nitrogens is 1. The van der Waals surface area contributed by atoms with Gasteiger partial charge in [0.25, 0.3) is 5.91 Å². The van der Waals surface area contributed by atoms with Crippen LogP contribution in [0.5, 0.6) is 5.75 Å². The average molecular weight is 576 g/mol. The van der Waals surface area contributed by atoms with Gasteiger partial charge in [0.05, 0.1) is 22.7 Å². The van der Waals surface area contributed by atoms with Gasteiger partial charge in [-0.25, -0.2) is 4.68 Å². The van der Waals surface area contributed by atoms with Crippen LogP contribution in [0.1, 0.15) is 10.5 Å². The highest BCUT2D eigenvalue weighted by Crippen LogP contribution is 2.27. The van der Waals surface area contributed by atoms with Crippen LogP contribution in [-0.4, -0.2) is 29.5 Å². The summed E-state index contributed by atoms with van der Waals surface area (Å²) in [6.45, 7) is 0. The van der Waals surface area contributed by atoms with E-state index >= 15 is 0 Å². The fraction of sp³-hybridized carbons (Fsp3) is 0.0417. The summed E-state index contributed by atoms with van der Waals surface area (Å²) in [5.41, 5.74) is 3.92. The zero-order chi connectivity index (χ0) is 25.1. The molecular weight excluding hydrogens is 559 g/mol. The van der Waals surface area contributed by atoms with Crippen molar-refractivity contribution in [3.8, 4) is 5.75 Å². The maximum Gasteiger partial charge on any atom is 0.328 e. The molecule has 1 heterocycles. The Balaban J connectivity index is 1.60. The molecule has 4 aromatic rings. The number of methoxy groups -OCH3 is 1. The number of fused-ring (bicyclic) bond motifs is 1. The van der Waals surface area contributed by atoms with Crippen LogP contribution in [0, 0.1) is 0 Å². The van der Waals surface area contributed by atoms with E-state index in [-0.39, 0.29) is 10.7 Å². The number of nitrogens with zero attached hydrogens (tertiary/aromatic N) is 1. The first kappa shape index (κ1) is 24.6. The van der Waals surface area contributed by atoms with Crippen LogP contribution < -0.4 is 20.8 Å². The number of halogens is 3. The summed E-state index contributed by atoms with van der Waals surface area (Å²) in [6.07, 6.45) is 0. The molecule has 11 heteroatoms. The predicted molar refractivity (Wildman–Crippen MR) is 140 cm³/mol. The van der Waals surface area contributed by atoms with Crippen LogP contribution in [0.2, 0.25) is 10.0 Å². The Labute approximate surface area is 218 Å². The van der Waals surface area contributed by atoms with Crippen LogP contribution in [0.3, 0.4) is 0 Å². The minimum absolute atomic E-state index is 0.0924. The molecular formula is C24H17BrCl2N4O4. The Morgan fingerprint density at radius 3 is 2.23 bits per heavy atom. The van der Waals surface area contributed by atoms with Gasteiger partial charge in [-0.2, -0.15) is 0 Å². The van der Waals surface area contributed by atoms with E-state index in [1.165, 1.54) is 17.9 Å². The SMILES string of the molecule is COc1ccc(NC(=O)C(=O)Nn2c(C(=O)Nc3ccc(Cl)c(Cl)c3)cc3cc(Br)ccc32)cc1. The first-order valence-electron chi connectivity index (χ1n) is 10.1. The number of carbonyl (C=O) groups excluding carboxylic acids is 3. The number of benzene rings is 3. The van der Waals surface area contributed by atoms with E-state index in [0.29, 0.717) is 33.0 Å². The van der Waals surface area contributed by atoms with Gasteiger partial charge in [0.15, 0.2) is 0 Å². The van der Waals surface area contributed by atoms with Crippen molar-refractivity contribution >= 4 is 79.1 Å². The molecule has 178 valence electrons. The molecule has 0 bridgehead atoms. The molecule has 0 aliphatic rings. The van der Waals surface area contributed by atoms with Gasteiger partial charge in [-0.1, -0.05) is 39.1 Å². The van der Waals surface area contributed by atoms with Crippen molar-refractivity contribution in [1.29, 1.82) is 0 Å². The highest BCUT2D eigenvalue weighted by molar-refractivity contribution is 9.10. The molecule has 0 aliphatic heterocycles. The smallest absolute Gasteiger partial charge is 0.328 e. The number of nitrogens with one attached hydrogen (secondary N) is 3. The molecule has 8 nitrogen and oxygen atoms in total. The van der Waals surface area contributed by atoms with Crippen molar-refractivity contribution in [3.05, 3.63) is 86.9 Å². The Kier molecular flexibility index (Phi) is 7.30. The zero-order valence-electron chi connectivity index (χ0n) is 18.1. The van der Waals surface area contributed by atoms with Gasteiger partial charge < -0.3 is 15.4 Å². The highest BCUT2D eigenvalue weighted by Gasteiger charge is 2.21. The van der Waals surface area contributed by atoms with E-state index in [4.69, 9.17) is 27.9 Å². The maximum absolute atomic E-state index is 13.1. The van der Waals surface area contributed by atoms with Crippen molar-refractivity contribution in [3.63, 3.8) is 0 Å². The molecule has 0 saturated carbocycles. The molecule has 35 heavy (non-hydrogen) atoms.